The number of methoxy groups -OCH3 is 1. The first-order chi connectivity index (χ1) is 13.7. The number of nitrogens with one attached hydrogen (secondary N) is 2. The third kappa shape index (κ3) is 8.56. The zero-order chi connectivity index (χ0) is 20.0. The number of rotatable bonds is 11. The zero-order valence-electron chi connectivity index (χ0n) is 17.7. The van der Waals surface area contributed by atoms with Crippen LogP contribution in [0.3, 0.4) is 0 Å². The average Bonchev–Trinajstić information content (AvgIpc) is 2.72. The fourth-order valence-corrected chi connectivity index (χ4v) is 3.10. The topological polar surface area (TPSA) is 61.4 Å². The molecular weight excluding hydrogens is 354 g/mol. The van der Waals surface area contributed by atoms with E-state index in [2.05, 4.69) is 58.7 Å². The van der Waals surface area contributed by atoms with Crippen molar-refractivity contribution in [2.75, 3.05) is 73.2 Å². The lowest BCUT2D eigenvalue weighted by Gasteiger charge is -2.27. The molecule has 0 spiro atoms. The Morgan fingerprint density at radius 3 is 2.64 bits per heavy atom. The lowest BCUT2D eigenvalue weighted by atomic mass is 10.1. The summed E-state index contributed by atoms with van der Waals surface area (Å²) in [5.74, 6) is 0.865. The van der Waals surface area contributed by atoms with Crippen molar-refractivity contribution in [3.63, 3.8) is 0 Å². The Balaban J connectivity index is 1.88. The molecule has 0 radical (unpaired) electrons. The van der Waals surface area contributed by atoms with Crippen molar-refractivity contribution < 1.29 is 9.47 Å². The van der Waals surface area contributed by atoms with E-state index in [9.17, 15) is 0 Å². The van der Waals surface area contributed by atoms with Gasteiger partial charge in [-0.3, -0.25) is 4.90 Å². The van der Waals surface area contributed by atoms with Crippen LogP contribution in [-0.4, -0.2) is 89.0 Å². The predicted molar refractivity (Wildman–Crippen MR) is 115 cm³/mol. The lowest BCUT2D eigenvalue weighted by Crippen LogP contribution is -2.41. The van der Waals surface area contributed by atoms with E-state index in [0.29, 0.717) is 6.54 Å². The van der Waals surface area contributed by atoms with E-state index in [0.717, 1.165) is 71.6 Å². The summed E-state index contributed by atoms with van der Waals surface area (Å²) in [5.41, 5.74) is 2.63. The number of ether oxygens (including phenoxy) is 2. The number of likely N-dealkylation sites (N-methyl/N-ethyl adjacent to an activating group) is 1. The van der Waals surface area contributed by atoms with Gasteiger partial charge in [0.2, 0.25) is 0 Å². The van der Waals surface area contributed by atoms with Crippen LogP contribution in [0.25, 0.3) is 0 Å². The van der Waals surface area contributed by atoms with E-state index in [-0.39, 0.29) is 0 Å². The Bertz CT molecular complexity index is 576. The second-order valence-electron chi connectivity index (χ2n) is 7.08. The molecule has 1 aromatic carbocycles. The smallest absolute Gasteiger partial charge is 0.191 e. The number of guanidine groups is 1. The summed E-state index contributed by atoms with van der Waals surface area (Å²) in [7, 11) is 3.84. The minimum atomic E-state index is 0.676. The highest BCUT2D eigenvalue weighted by Gasteiger charge is 2.12. The summed E-state index contributed by atoms with van der Waals surface area (Å²) in [6.07, 6.45) is 0. The Morgan fingerprint density at radius 1 is 1.18 bits per heavy atom. The van der Waals surface area contributed by atoms with E-state index < -0.39 is 0 Å². The molecule has 0 aliphatic carbocycles. The number of aliphatic imine (C=N–C) groups is 1. The van der Waals surface area contributed by atoms with E-state index in [1.54, 1.807) is 7.11 Å². The van der Waals surface area contributed by atoms with Crippen LogP contribution in [0.15, 0.2) is 29.3 Å². The van der Waals surface area contributed by atoms with Crippen LogP contribution in [0.2, 0.25) is 0 Å². The van der Waals surface area contributed by atoms with Crippen LogP contribution in [0.5, 0.6) is 0 Å². The molecular formula is C21H37N5O2. The molecule has 158 valence electrons. The molecule has 1 aliphatic rings. The van der Waals surface area contributed by atoms with Crippen LogP contribution in [0.1, 0.15) is 18.1 Å². The number of hydrogen-bond donors (Lipinski definition) is 2. The monoisotopic (exact) mass is 391 g/mol. The molecule has 2 rings (SSSR count). The van der Waals surface area contributed by atoms with Gasteiger partial charge in [-0.05, 0) is 25.1 Å². The SMILES string of the molecule is CCNC(=NCc1ccccc1CN1CCOCC1)NCCN(C)CCOC. The molecule has 0 bridgehead atoms. The minimum Gasteiger partial charge on any atom is -0.383 e. The van der Waals surface area contributed by atoms with E-state index in [4.69, 9.17) is 14.5 Å². The number of benzene rings is 1. The molecule has 1 heterocycles. The Hall–Kier alpha value is -1.67. The normalized spacial score (nSPS) is 15.8. The van der Waals surface area contributed by atoms with Crippen molar-refractivity contribution in [1.29, 1.82) is 0 Å². The molecule has 0 aromatic heterocycles. The second kappa shape index (κ2) is 13.5. The highest BCUT2D eigenvalue weighted by atomic mass is 16.5. The average molecular weight is 392 g/mol. The van der Waals surface area contributed by atoms with Crippen LogP contribution >= 0.6 is 0 Å². The van der Waals surface area contributed by atoms with E-state index in [1.807, 2.05) is 0 Å². The quantitative estimate of drug-likeness (QED) is 0.436. The maximum absolute atomic E-state index is 5.46. The van der Waals surface area contributed by atoms with Crippen LogP contribution in [0, 0.1) is 0 Å². The maximum atomic E-state index is 5.46. The molecule has 28 heavy (non-hydrogen) atoms. The number of hydrogen-bond acceptors (Lipinski definition) is 5. The third-order valence-corrected chi connectivity index (χ3v) is 4.83. The Kier molecular flexibility index (Phi) is 10.9. The molecule has 7 heteroatoms. The molecule has 1 aromatic rings. The van der Waals surface area contributed by atoms with Gasteiger partial charge in [0.1, 0.15) is 0 Å². The summed E-state index contributed by atoms with van der Waals surface area (Å²) < 4.78 is 10.6. The molecule has 0 atom stereocenters. The molecule has 1 fully saturated rings. The van der Waals surface area contributed by atoms with Gasteiger partial charge in [0.05, 0.1) is 26.4 Å². The fraction of sp³-hybridized carbons (Fsp3) is 0.667. The predicted octanol–water partition coefficient (Wildman–Crippen LogP) is 1.15. The van der Waals surface area contributed by atoms with Crippen molar-refractivity contribution in [2.24, 2.45) is 4.99 Å². The first-order valence-corrected chi connectivity index (χ1v) is 10.3. The molecule has 1 aliphatic heterocycles. The third-order valence-electron chi connectivity index (χ3n) is 4.83. The minimum absolute atomic E-state index is 0.676. The largest absolute Gasteiger partial charge is 0.383 e. The lowest BCUT2D eigenvalue weighted by molar-refractivity contribution is 0.0341. The molecule has 0 saturated carbocycles. The van der Waals surface area contributed by atoms with Gasteiger partial charge < -0.3 is 25.0 Å². The molecule has 2 N–H and O–H groups in total. The fourth-order valence-electron chi connectivity index (χ4n) is 3.10. The standard InChI is InChI=1S/C21H37N5O2/c1-4-22-21(23-9-10-25(2)11-14-27-3)24-17-19-7-5-6-8-20(19)18-26-12-15-28-16-13-26/h5-8H,4,9-18H2,1-3H3,(H2,22,23,24). The van der Waals surface area contributed by atoms with E-state index >= 15 is 0 Å². The highest BCUT2D eigenvalue weighted by molar-refractivity contribution is 5.79. The Labute approximate surface area is 170 Å². The summed E-state index contributed by atoms with van der Waals surface area (Å²) in [6, 6.07) is 8.61. The van der Waals surface area contributed by atoms with Gasteiger partial charge in [0.25, 0.3) is 0 Å². The first-order valence-electron chi connectivity index (χ1n) is 10.3. The van der Waals surface area contributed by atoms with Gasteiger partial charge in [0, 0.05) is 52.9 Å². The van der Waals surface area contributed by atoms with Crippen molar-refractivity contribution in [3.8, 4) is 0 Å². The van der Waals surface area contributed by atoms with Gasteiger partial charge in [0.15, 0.2) is 5.96 Å². The van der Waals surface area contributed by atoms with Crippen molar-refractivity contribution >= 4 is 5.96 Å². The first kappa shape index (κ1) is 22.6. The van der Waals surface area contributed by atoms with E-state index in [1.165, 1.54) is 11.1 Å². The molecule has 0 unspecified atom stereocenters. The van der Waals surface area contributed by atoms with Gasteiger partial charge >= 0.3 is 0 Å². The van der Waals surface area contributed by atoms with Crippen molar-refractivity contribution in [3.05, 3.63) is 35.4 Å². The summed E-state index contributed by atoms with van der Waals surface area (Å²) in [5, 5.41) is 6.77. The van der Waals surface area contributed by atoms with Crippen LogP contribution in [-0.2, 0) is 22.6 Å². The zero-order valence-corrected chi connectivity index (χ0v) is 17.7. The Morgan fingerprint density at radius 2 is 1.93 bits per heavy atom. The van der Waals surface area contributed by atoms with Gasteiger partial charge in [-0.2, -0.15) is 0 Å². The van der Waals surface area contributed by atoms with Crippen LogP contribution in [0.4, 0.5) is 0 Å². The second-order valence-corrected chi connectivity index (χ2v) is 7.08. The number of morpholine rings is 1. The van der Waals surface area contributed by atoms with Gasteiger partial charge in [-0.25, -0.2) is 4.99 Å². The number of nitrogens with zero attached hydrogens (tertiary/aromatic N) is 3. The highest BCUT2D eigenvalue weighted by Crippen LogP contribution is 2.14. The molecule has 1 saturated heterocycles. The summed E-state index contributed by atoms with van der Waals surface area (Å²) in [6.45, 7) is 11.7. The van der Waals surface area contributed by atoms with Crippen molar-refractivity contribution in [1.82, 2.24) is 20.4 Å². The van der Waals surface area contributed by atoms with Crippen LogP contribution < -0.4 is 10.6 Å². The maximum Gasteiger partial charge on any atom is 0.191 e. The van der Waals surface area contributed by atoms with Gasteiger partial charge in [-0.15, -0.1) is 0 Å². The molecule has 0 amide bonds. The summed E-state index contributed by atoms with van der Waals surface area (Å²) in [4.78, 5) is 9.50. The van der Waals surface area contributed by atoms with Crippen molar-refractivity contribution in [2.45, 2.75) is 20.0 Å². The summed E-state index contributed by atoms with van der Waals surface area (Å²) >= 11 is 0. The molecule has 7 nitrogen and oxygen atoms in total. The van der Waals surface area contributed by atoms with Gasteiger partial charge in [-0.1, -0.05) is 24.3 Å².